The molecule has 7 heteroatoms. The van der Waals surface area contributed by atoms with Gasteiger partial charge in [-0.25, -0.2) is 9.18 Å². The highest BCUT2D eigenvalue weighted by atomic mass is 35.5. The lowest BCUT2D eigenvalue weighted by Crippen LogP contribution is -2.52. The lowest BCUT2D eigenvalue weighted by molar-refractivity contribution is -0.0543. The summed E-state index contributed by atoms with van der Waals surface area (Å²) in [7, 11) is 0. The van der Waals surface area contributed by atoms with Crippen molar-refractivity contribution < 1.29 is 18.7 Å². The van der Waals surface area contributed by atoms with E-state index >= 15 is 0 Å². The van der Waals surface area contributed by atoms with Crippen molar-refractivity contribution in [2.45, 2.75) is 26.1 Å². The number of halogens is 2. The van der Waals surface area contributed by atoms with E-state index in [-0.39, 0.29) is 22.8 Å². The average molecular weight is 315 g/mol. The molecular formula is C14H16ClFN2O3. The van der Waals surface area contributed by atoms with Crippen LogP contribution in [0.2, 0.25) is 5.02 Å². The van der Waals surface area contributed by atoms with Crippen LogP contribution in [-0.4, -0.2) is 42.1 Å². The second kappa shape index (κ2) is 6.41. The first-order valence-electron chi connectivity index (χ1n) is 6.57. The van der Waals surface area contributed by atoms with E-state index in [1.807, 2.05) is 13.8 Å². The number of imide groups is 1. The summed E-state index contributed by atoms with van der Waals surface area (Å²) in [6, 6.07) is 3.04. The number of carbonyl (C=O) groups is 2. The Morgan fingerprint density at radius 2 is 1.95 bits per heavy atom. The number of hydrogen-bond acceptors (Lipinski definition) is 3. The van der Waals surface area contributed by atoms with E-state index in [9.17, 15) is 14.0 Å². The second-order valence-corrected chi connectivity index (χ2v) is 5.46. The van der Waals surface area contributed by atoms with Gasteiger partial charge in [0.15, 0.2) is 0 Å². The highest BCUT2D eigenvalue weighted by Gasteiger charge is 2.27. The van der Waals surface area contributed by atoms with Crippen LogP contribution >= 0.6 is 11.6 Å². The maximum Gasteiger partial charge on any atom is 0.324 e. The number of ether oxygens (including phenoxy) is 1. The minimum atomic E-state index is -0.617. The van der Waals surface area contributed by atoms with Gasteiger partial charge < -0.3 is 9.64 Å². The molecule has 21 heavy (non-hydrogen) atoms. The van der Waals surface area contributed by atoms with Gasteiger partial charge in [-0.1, -0.05) is 11.6 Å². The Bertz CT molecular complexity index is 557. The SMILES string of the molecule is C[C@@H]1CN(C(=O)NC(=O)c2ccc(F)c(Cl)c2)C[C@@H](C)O1. The van der Waals surface area contributed by atoms with Crippen LogP contribution in [0.4, 0.5) is 9.18 Å². The van der Waals surface area contributed by atoms with Crippen LogP contribution in [0.3, 0.4) is 0 Å². The summed E-state index contributed by atoms with van der Waals surface area (Å²) in [4.78, 5) is 25.5. The van der Waals surface area contributed by atoms with E-state index in [2.05, 4.69) is 5.32 Å². The molecule has 1 aromatic carbocycles. The molecule has 5 nitrogen and oxygen atoms in total. The van der Waals surface area contributed by atoms with Gasteiger partial charge in [0.1, 0.15) is 5.82 Å². The molecule has 1 fully saturated rings. The zero-order chi connectivity index (χ0) is 15.6. The maximum atomic E-state index is 13.0. The molecule has 0 bridgehead atoms. The fourth-order valence-corrected chi connectivity index (χ4v) is 2.41. The van der Waals surface area contributed by atoms with E-state index < -0.39 is 17.8 Å². The Labute approximate surface area is 127 Å². The Morgan fingerprint density at radius 1 is 1.33 bits per heavy atom. The monoisotopic (exact) mass is 314 g/mol. The van der Waals surface area contributed by atoms with Gasteiger partial charge in [-0.05, 0) is 32.0 Å². The van der Waals surface area contributed by atoms with Crippen LogP contribution in [0.1, 0.15) is 24.2 Å². The van der Waals surface area contributed by atoms with Crippen molar-refractivity contribution >= 4 is 23.5 Å². The number of carbonyl (C=O) groups excluding carboxylic acids is 2. The van der Waals surface area contributed by atoms with Crippen molar-refractivity contribution in [2.24, 2.45) is 0 Å². The fourth-order valence-electron chi connectivity index (χ4n) is 2.23. The lowest BCUT2D eigenvalue weighted by Gasteiger charge is -2.35. The fraction of sp³-hybridized carbons (Fsp3) is 0.429. The summed E-state index contributed by atoms with van der Waals surface area (Å²) < 4.78 is 18.6. The number of nitrogens with one attached hydrogen (secondary N) is 1. The zero-order valence-electron chi connectivity index (χ0n) is 11.7. The molecule has 3 amide bonds. The number of rotatable bonds is 1. The van der Waals surface area contributed by atoms with E-state index in [4.69, 9.17) is 16.3 Å². The van der Waals surface area contributed by atoms with Crippen molar-refractivity contribution in [3.8, 4) is 0 Å². The zero-order valence-corrected chi connectivity index (χ0v) is 12.5. The van der Waals surface area contributed by atoms with Crippen LogP contribution in [0.5, 0.6) is 0 Å². The Kier molecular flexibility index (Phi) is 4.80. The third kappa shape index (κ3) is 3.92. The second-order valence-electron chi connectivity index (χ2n) is 5.05. The Balaban J connectivity index is 2.01. The smallest absolute Gasteiger partial charge is 0.324 e. The standard InChI is InChI=1S/C14H16ClFN2O3/c1-8-6-18(7-9(2)21-8)14(20)17-13(19)10-3-4-12(16)11(15)5-10/h3-5,8-9H,6-7H2,1-2H3,(H,17,19,20)/t8-,9-/m1/s1. The Hall–Kier alpha value is -1.66. The normalized spacial score (nSPS) is 22.0. The van der Waals surface area contributed by atoms with Crippen molar-refractivity contribution in [1.29, 1.82) is 0 Å². The lowest BCUT2D eigenvalue weighted by atomic mass is 10.2. The molecule has 0 radical (unpaired) electrons. The molecule has 1 N–H and O–H groups in total. The summed E-state index contributed by atoms with van der Waals surface area (Å²) in [5.74, 6) is -1.23. The molecule has 0 aromatic heterocycles. The molecule has 2 atom stereocenters. The number of amides is 3. The molecule has 0 unspecified atom stereocenters. The molecule has 1 aliphatic heterocycles. The number of hydrogen-bond donors (Lipinski definition) is 1. The third-order valence-electron chi connectivity index (χ3n) is 3.11. The molecule has 0 aliphatic carbocycles. The van der Waals surface area contributed by atoms with Crippen LogP contribution in [0.15, 0.2) is 18.2 Å². The van der Waals surface area contributed by atoms with Gasteiger partial charge in [0.05, 0.1) is 17.2 Å². The van der Waals surface area contributed by atoms with Gasteiger partial charge in [0, 0.05) is 18.7 Å². The van der Waals surface area contributed by atoms with Crippen LogP contribution in [-0.2, 0) is 4.74 Å². The highest BCUT2D eigenvalue weighted by molar-refractivity contribution is 6.31. The molecule has 114 valence electrons. The molecule has 1 aromatic rings. The van der Waals surface area contributed by atoms with Gasteiger partial charge in [-0.15, -0.1) is 0 Å². The van der Waals surface area contributed by atoms with Crippen LogP contribution in [0, 0.1) is 5.82 Å². The first-order valence-corrected chi connectivity index (χ1v) is 6.95. The van der Waals surface area contributed by atoms with Crippen molar-refractivity contribution in [2.75, 3.05) is 13.1 Å². The van der Waals surface area contributed by atoms with Crippen molar-refractivity contribution in [3.63, 3.8) is 0 Å². The molecule has 1 saturated heterocycles. The van der Waals surface area contributed by atoms with E-state index in [0.29, 0.717) is 13.1 Å². The summed E-state index contributed by atoms with van der Waals surface area (Å²) in [5.41, 5.74) is 0.129. The third-order valence-corrected chi connectivity index (χ3v) is 3.40. The van der Waals surface area contributed by atoms with Gasteiger partial charge in [-0.3, -0.25) is 10.1 Å². The largest absolute Gasteiger partial charge is 0.372 e. The molecule has 0 spiro atoms. The van der Waals surface area contributed by atoms with Crippen LogP contribution in [0.25, 0.3) is 0 Å². The average Bonchev–Trinajstić information content (AvgIpc) is 2.40. The number of nitrogens with zero attached hydrogens (tertiary/aromatic N) is 1. The van der Waals surface area contributed by atoms with Crippen molar-refractivity contribution in [3.05, 3.63) is 34.6 Å². The van der Waals surface area contributed by atoms with Gasteiger partial charge in [0.2, 0.25) is 0 Å². The highest BCUT2D eigenvalue weighted by Crippen LogP contribution is 2.16. The molecule has 0 saturated carbocycles. The predicted octanol–water partition coefficient (Wildman–Crippen LogP) is 2.44. The van der Waals surface area contributed by atoms with Crippen molar-refractivity contribution in [1.82, 2.24) is 10.2 Å². The maximum absolute atomic E-state index is 13.0. The summed E-state index contributed by atoms with van der Waals surface area (Å²) in [5, 5.41) is 2.10. The van der Waals surface area contributed by atoms with E-state index in [1.165, 1.54) is 17.0 Å². The number of morpholine rings is 1. The molecule has 1 heterocycles. The molecule has 1 aliphatic rings. The first-order chi connectivity index (χ1) is 9.86. The first kappa shape index (κ1) is 15.7. The quantitative estimate of drug-likeness (QED) is 0.866. The van der Waals surface area contributed by atoms with E-state index in [1.54, 1.807) is 0 Å². The summed E-state index contributed by atoms with van der Waals surface area (Å²) >= 11 is 5.61. The van der Waals surface area contributed by atoms with Gasteiger partial charge in [-0.2, -0.15) is 0 Å². The van der Waals surface area contributed by atoms with E-state index in [0.717, 1.165) is 6.07 Å². The van der Waals surface area contributed by atoms with Gasteiger partial charge >= 0.3 is 6.03 Å². The molecular weight excluding hydrogens is 299 g/mol. The minimum Gasteiger partial charge on any atom is -0.372 e. The number of urea groups is 1. The topological polar surface area (TPSA) is 58.6 Å². The Morgan fingerprint density at radius 3 is 2.52 bits per heavy atom. The minimum absolute atomic E-state index is 0.0881. The van der Waals surface area contributed by atoms with Crippen LogP contribution < -0.4 is 5.32 Å². The summed E-state index contributed by atoms with van der Waals surface area (Å²) in [6.45, 7) is 4.54. The number of benzene rings is 1. The predicted molar refractivity (Wildman–Crippen MR) is 75.9 cm³/mol. The molecule has 2 rings (SSSR count). The summed E-state index contributed by atoms with van der Waals surface area (Å²) in [6.07, 6.45) is -0.176. The van der Waals surface area contributed by atoms with Gasteiger partial charge in [0.25, 0.3) is 5.91 Å².